The van der Waals surface area contributed by atoms with Gasteiger partial charge in [-0.15, -0.1) is 0 Å². The second kappa shape index (κ2) is 9.82. The number of nitrogen functional groups attached to an aromatic ring is 1. The number of ether oxygens (including phenoxy) is 1. The Morgan fingerprint density at radius 2 is 1.86 bits per heavy atom. The molecule has 37 heavy (non-hydrogen) atoms. The summed E-state index contributed by atoms with van der Waals surface area (Å²) in [6.07, 6.45) is 4.77. The van der Waals surface area contributed by atoms with E-state index in [-0.39, 0.29) is 0 Å². The monoisotopic (exact) mass is 558 g/mol. The number of aromatic nitrogens is 4. The van der Waals surface area contributed by atoms with Gasteiger partial charge in [0.25, 0.3) is 0 Å². The molecule has 0 radical (unpaired) electrons. The molecule has 1 amide bonds. The first-order valence-corrected chi connectivity index (χ1v) is 12.7. The van der Waals surface area contributed by atoms with Gasteiger partial charge >= 0.3 is 6.09 Å². The molecule has 8 nitrogen and oxygen atoms in total. The lowest BCUT2D eigenvalue weighted by molar-refractivity contribution is 0.0498. The van der Waals surface area contributed by atoms with Gasteiger partial charge in [0.05, 0.1) is 16.9 Å². The van der Waals surface area contributed by atoms with E-state index in [2.05, 4.69) is 42.3 Å². The van der Waals surface area contributed by atoms with Crippen molar-refractivity contribution in [2.45, 2.75) is 39.0 Å². The number of pyridine rings is 1. The molecule has 3 heterocycles. The first-order chi connectivity index (χ1) is 17.7. The first-order valence-electron chi connectivity index (χ1n) is 11.9. The van der Waals surface area contributed by atoms with Crippen LogP contribution < -0.4 is 11.1 Å². The van der Waals surface area contributed by atoms with Crippen molar-refractivity contribution in [3.05, 3.63) is 83.4 Å². The fraction of sp³-hybridized carbons (Fsp3) is 0.214. The third-order valence-corrected chi connectivity index (χ3v) is 6.66. The second-order valence-corrected chi connectivity index (χ2v) is 10.6. The summed E-state index contributed by atoms with van der Waals surface area (Å²) in [5.74, 6) is 0.379. The van der Waals surface area contributed by atoms with Gasteiger partial charge in [0.15, 0.2) is 0 Å². The highest BCUT2D eigenvalue weighted by Crippen LogP contribution is 2.35. The molecule has 1 unspecified atom stereocenters. The summed E-state index contributed by atoms with van der Waals surface area (Å²) in [4.78, 5) is 26.2. The van der Waals surface area contributed by atoms with E-state index in [1.807, 2.05) is 86.3 Å². The third kappa shape index (κ3) is 5.27. The number of hydrogen-bond acceptors (Lipinski definition) is 6. The summed E-state index contributed by atoms with van der Waals surface area (Å²) in [5, 5.41) is 4.79. The van der Waals surface area contributed by atoms with E-state index >= 15 is 0 Å². The van der Waals surface area contributed by atoms with E-state index in [0.29, 0.717) is 18.0 Å². The predicted molar refractivity (Wildman–Crippen MR) is 149 cm³/mol. The molecule has 188 valence electrons. The number of hydrogen-bond donors (Lipinski definition) is 2. The minimum absolute atomic E-state index is 0.379. The highest BCUT2D eigenvalue weighted by Gasteiger charge is 2.24. The zero-order valence-corrected chi connectivity index (χ0v) is 22.4. The van der Waals surface area contributed by atoms with Crippen molar-refractivity contribution >= 4 is 49.8 Å². The Hall–Kier alpha value is -3.98. The lowest BCUT2D eigenvalue weighted by atomic mass is 10.1. The molecule has 0 bridgehead atoms. The Labute approximate surface area is 223 Å². The number of nitrogens with one attached hydrogen (secondary N) is 1. The van der Waals surface area contributed by atoms with Crippen molar-refractivity contribution in [1.82, 2.24) is 24.8 Å². The number of amides is 1. The molecular formula is C28H27BrN6O2. The number of nitrogens with two attached hydrogens (primary N) is 1. The summed E-state index contributed by atoms with van der Waals surface area (Å²) < 4.78 is 8.42. The van der Waals surface area contributed by atoms with Crippen LogP contribution in [0.25, 0.3) is 33.1 Å². The van der Waals surface area contributed by atoms with Crippen LogP contribution in [0.4, 0.5) is 10.6 Å². The summed E-state index contributed by atoms with van der Waals surface area (Å²) in [5.41, 5.74) is 9.99. The number of para-hydroxylation sites is 1. The molecule has 1 atom stereocenters. The lowest BCUT2D eigenvalue weighted by Gasteiger charge is -2.25. The number of anilines is 1. The summed E-state index contributed by atoms with van der Waals surface area (Å²) in [6, 6.07) is 17.4. The van der Waals surface area contributed by atoms with Crippen LogP contribution in [-0.2, 0) is 11.3 Å². The number of carbonyl (C=O) groups excluding carboxylic acids is 1. The molecule has 9 heteroatoms. The number of carbonyl (C=O) groups is 1. The smallest absolute Gasteiger partial charge is 0.408 e. The van der Waals surface area contributed by atoms with Crippen molar-refractivity contribution in [1.29, 1.82) is 0 Å². The third-order valence-electron chi connectivity index (χ3n) is 5.94. The standard InChI is InChI=1S/C28H27BrN6O2/c1-28(2,3)37-27(36)34-23(19-9-5-6-10-21(19)29)15-35-14-20(24-25(30)32-16-33-26(24)35)18-12-17-8-4-7-11-22(17)31-13-18/h4-14,16,23H,15H2,1-3H3,(H,34,36)(H2,30,32,33). The minimum atomic E-state index is -0.624. The van der Waals surface area contributed by atoms with Gasteiger partial charge in [0, 0.05) is 39.9 Å². The maximum absolute atomic E-state index is 12.8. The maximum Gasteiger partial charge on any atom is 0.408 e. The largest absolute Gasteiger partial charge is 0.444 e. The van der Waals surface area contributed by atoms with Crippen LogP contribution in [0.1, 0.15) is 32.4 Å². The maximum atomic E-state index is 12.8. The Balaban J connectivity index is 1.60. The van der Waals surface area contributed by atoms with Gasteiger partial charge in [-0.1, -0.05) is 52.3 Å². The van der Waals surface area contributed by atoms with E-state index in [4.69, 9.17) is 10.5 Å². The summed E-state index contributed by atoms with van der Waals surface area (Å²) >= 11 is 3.63. The van der Waals surface area contributed by atoms with Gasteiger partial charge in [-0.25, -0.2) is 14.8 Å². The Bertz CT molecular complexity index is 1610. The van der Waals surface area contributed by atoms with Gasteiger partial charge in [-0.05, 0) is 44.5 Å². The van der Waals surface area contributed by atoms with Crippen LogP contribution in [0.3, 0.4) is 0 Å². The van der Waals surface area contributed by atoms with Crippen LogP contribution in [0.15, 0.2) is 77.8 Å². The molecule has 2 aromatic carbocycles. The highest BCUT2D eigenvalue weighted by atomic mass is 79.9. The average Bonchev–Trinajstić information content (AvgIpc) is 3.22. The predicted octanol–water partition coefficient (Wildman–Crippen LogP) is 6.26. The van der Waals surface area contributed by atoms with Crippen LogP contribution in [0.2, 0.25) is 0 Å². The summed E-state index contributed by atoms with van der Waals surface area (Å²) in [6.45, 7) is 5.89. The number of halogens is 1. The number of rotatable bonds is 5. The molecule has 3 N–H and O–H groups in total. The normalized spacial score (nSPS) is 12.5. The SMILES string of the molecule is CC(C)(C)OC(=O)NC(Cn1cc(-c2cnc3ccccc3c2)c2c(N)ncnc21)c1ccccc1Br. The molecular weight excluding hydrogens is 532 g/mol. The van der Waals surface area contributed by atoms with E-state index in [0.717, 1.165) is 37.5 Å². The van der Waals surface area contributed by atoms with Crippen LogP contribution in [0, 0.1) is 0 Å². The zero-order chi connectivity index (χ0) is 26.2. The molecule has 0 aliphatic carbocycles. The minimum Gasteiger partial charge on any atom is -0.444 e. The molecule has 0 saturated carbocycles. The molecule has 5 aromatic rings. The molecule has 0 saturated heterocycles. The lowest BCUT2D eigenvalue weighted by Crippen LogP contribution is -2.36. The molecule has 5 rings (SSSR count). The number of benzene rings is 2. The Morgan fingerprint density at radius 1 is 1.11 bits per heavy atom. The number of nitrogens with zero attached hydrogens (tertiary/aromatic N) is 4. The van der Waals surface area contributed by atoms with E-state index in [9.17, 15) is 4.79 Å². The molecule has 0 fully saturated rings. The van der Waals surface area contributed by atoms with Gasteiger partial charge in [-0.3, -0.25) is 4.98 Å². The topological polar surface area (TPSA) is 108 Å². The molecule has 0 aliphatic heterocycles. The average molecular weight is 559 g/mol. The number of fused-ring (bicyclic) bond motifs is 2. The highest BCUT2D eigenvalue weighted by molar-refractivity contribution is 9.10. The number of alkyl carbamates (subject to hydrolysis) is 1. The van der Waals surface area contributed by atoms with Gasteiger partial charge < -0.3 is 20.4 Å². The van der Waals surface area contributed by atoms with Gasteiger partial charge in [-0.2, -0.15) is 0 Å². The van der Waals surface area contributed by atoms with Crippen LogP contribution >= 0.6 is 15.9 Å². The molecule has 0 spiro atoms. The summed E-state index contributed by atoms with van der Waals surface area (Å²) in [7, 11) is 0. The van der Waals surface area contributed by atoms with Crippen molar-refractivity contribution in [2.75, 3.05) is 5.73 Å². The van der Waals surface area contributed by atoms with Crippen LogP contribution in [0.5, 0.6) is 0 Å². The van der Waals surface area contributed by atoms with Crippen molar-refractivity contribution < 1.29 is 9.53 Å². The fourth-order valence-corrected chi connectivity index (χ4v) is 4.91. The second-order valence-electron chi connectivity index (χ2n) is 9.79. The van der Waals surface area contributed by atoms with Crippen molar-refractivity contribution in [2.24, 2.45) is 0 Å². The molecule has 3 aromatic heterocycles. The Morgan fingerprint density at radius 3 is 2.65 bits per heavy atom. The zero-order valence-electron chi connectivity index (χ0n) is 20.8. The van der Waals surface area contributed by atoms with E-state index in [1.165, 1.54) is 6.33 Å². The fourth-order valence-electron chi connectivity index (χ4n) is 4.35. The Kier molecular flexibility index (Phi) is 6.55. The first kappa shape index (κ1) is 24.7. The molecule has 0 aliphatic rings. The van der Waals surface area contributed by atoms with Crippen molar-refractivity contribution in [3.8, 4) is 11.1 Å². The van der Waals surface area contributed by atoms with Gasteiger partial charge in [0.1, 0.15) is 23.4 Å². The van der Waals surface area contributed by atoms with Crippen molar-refractivity contribution in [3.63, 3.8) is 0 Å². The van der Waals surface area contributed by atoms with Gasteiger partial charge in [0.2, 0.25) is 0 Å². The van der Waals surface area contributed by atoms with E-state index in [1.54, 1.807) is 0 Å². The van der Waals surface area contributed by atoms with E-state index < -0.39 is 17.7 Å². The van der Waals surface area contributed by atoms with Crippen LogP contribution in [-0.4, -0.2) is 31.2 Å². The quantitative estimate of drug-likeness (QED) is 0.263.